The molecule has 0 fully saturated rings. The van der Waals surface area contributed by atoms with Crippen LogP contribution in [0.5, 0.6) is 0 Å². The van der Waals surface area contributed by atoms with E-state index < -0.39 is 0 Å². The van der Waals surface area contributed by atoms with Gasteiger partial charge in [0.05, 0.1) is 25.6 Å². The summed E-state index contributed by atoms with van der Waals surface area (Å²) in [6.45, 7) is 7.78. The monoisotopic (exact) mass is 775 g/mol. The van der Waals surface area contributed by atoms with Gasteiger partial charge >= 0.3 is 11.9 Å². The normalized spacial score (nSPS) is 12.1. The maximum Gasteiger partial charge on any atom is 0.309 e. The topological polar surface area (TPSA) is 52.6 Å². The van der Waals surface area contributed by atoms with E-state index in [2.05, 4.69) is 32.9 Å². The summed E-state index contributed by atoms with van der Waals surface area (Å²) in [6, 6.07) is 0. The summed E-state index contributed by atoms with van der Waals surface area (Å²) < 4.78 is 11.4. The summed E-state index contributed by atoms with van der Waals surface area (Å²) in [7, 11) is 0. The van der Waals surface area contributed by atoms with E-state index in [-0.39, 0.29) is 24.3 Å². The fourth-order valence-corrected chi connectivity index (χ4v) is 7.74. The second-order valence-corrected chi connectivity index (χ2v) is 17.1. The molecule has 55 heavy (non-hydrogen) atoms. The summed E-state index contributed by atoms with van der Waals surface area (Å²) in [5.74, 6) is -0.769. The zero-order valence-corrected chi connectivity index (χ0v) is 37.8. The van der Waals surface area contributed by atoms with Crippen molar-refractivity contribution in [2.75, 3.05) is 13.2 Å². The highest BCUT2D eigenvalue weighted by Crippen LogP contribution is 2.20. The fraction of sp³-hybridized carbons (Fsp3) is 0.922. The van der Waals surface area contributed by atoms with Crippen LogP contribution in [-0.4, -0.2) is 25.2 Å². The highest BCUT2D eigenvalue weighted by Gasteiger charge is 2.24. The Kier molecular flexibility index (Phi) is 45.9. The standard InChI is InChI=1S/C51H98O4/c1-4-7-10-13-16-19-22-23-24-25-26-27-28-29-30-33-36-39-42-45-49(51(53)55-47-44-41-38-35-32-21-18-15-12-9-6-3)48-50(52)54-46-43-40-37-34-31-20-17-14-11-8-5-2/h19,22,49H,4-18,20-21,23-48H2,1-3H3/b22-19+. The maximum absolute atomic E-state index is 13.1. The average molecular weight is 775 g/mol. The van der Waals surface area contributed by atoms with Gasteiger partial charge < -0.3 is 9.47 Å². The van der Waals surface area contributed by atoms with Crippen molar-refractivity contribution in [3.8, 4) is 0 Å². The van der Waals surface area contributed by atoms with Crippen LogP contribution < -0.4 is 0 Å². The molecule has 1 unspecified atom stereocenters. The molecule has 0 N–H and O–H groups in total. The molecule has 0 amide bonds. The zero-order chi connectivity index (χ0) is 40.0. The molecule has 0 saturated carbocycles. The summed E-state index contributed by atoms with van der Waals surface area (Å²) in [6.07, 6.45) is 55.9. The van der Waals surface area contributed by atoms with Crippen molar-refractivity contribution in [3.63, 3.8) is 0 Å². The molecule has 1 atom stereocenters. The predicted octanol–water partition coefficient (Wildman–Crippen LogP) is 17.3. The van der Waals surface area contributed by atoms with Gasteiger partial charge in [0.2, 0.25) is 0 Å². The van der Waals surface area contributed by atoms with Crippen molar-refractivity contribution >= 4 is 11.9 Å². The second-order valence-electron chi connectivity index (χ2n) is 17.1. The number of carbonyl (C=O) groups is 2. The molecule has 0 rings (SSSR count). The van der Waals surface area contributed by atoms with Crippen LogP contribution in [0.25, 0.3) is 0 Å². The Bertz CT molecular complexity index is 792. The molecule has 4 nitrogen and oxygen atoms in total. The van der Waals surface area contributed by atoms with E-state index in [1.807, 2.05) is 0 Å². The highest BCUT2D eigenvalue weighted by atomic mass is 16.5. The quantitative estimate of drug-likeness (QED) is 0.0351. The van der Waals surface area contributed by atoms with E-state index in [0.29, 0.717) is 13.2 Å². The van der Waals surface area contributed by atoms with Crippen molar-refractivity contribution in [2.24, 2.45) is 5.92 Å². The third-order valence-corrected chi connectivity index (χ3v) is 11.6. The molecule has 326 valence electrons. The largest absolute Gasteiger partial charge is 0.466 e. The van der Waals surface area contributed by atoms with Crippen LogP contribution in [0.15, 0.2) is 12.2 Å². The van der Waals surface area contributed by atoms with Crippen molar-refractivity contribution < 1.29 is 19.1 Å². The van der Waals surface area contributed by atoms with E-state index in [4.69, 9.17) is 9.47 Å². The lowest BCUT2D eigenvalue weighted by atomic mass is 9.97. The molecule has 0 saturated heterocycles. The Hall–Kier alpha value is -1.32. The number of allylic oxidation sites excluding steroid dienone is 2. The first-order valence-corrected chi connectivity index (χ1v) is 25.1. The van der Waals surface area contributed by atoms with Crippen LogP contribution in [0.1, 0.15) is 284 Å². The van der Waals surface area contributed by atoms with Crippen LogP contribution in [0.4, 0.5) is 0 Å². The molecule has 0 aromatic carbocycles. The number of rotatable bonds is 46. The van der Waals surface area contributed by atoms with Crippen LogP contribution in [0, 0.1) is 5.92 Å². The molecule has 0 aliphatic rings. The molecular weight excluding hydrogens is 677 g/mol. The molecule has 0 aliphatic carbocycles. The van der Waals surface area contributed by atoms with E-state index in [1.165, 1.54) is 212 Å². The Labute approximate surface area is 345 Å². The second kappa shape index (κ2) is 47.1. The minimum Gasteiger partial charge on any atom is -0.466 e. The van der Waals surface area contributed by atoms with Crippen LogP contribution in [-0.2, 0) is 19.1 Å². The summed E-state index contributed by atoms with van der Waals surface area (Å²) in [5, 5.41) is 0. The average Bonchev–Trinajstić information content (AvgIpc) is 3.19. The van der Waals surface area contributed by atoms with Gasteiger partial charge in [0, 0.05) is 0 Å². The molecule has 0 radical (unpaired) electrons. The highest BCUT2D eigenvalue weighted by molar-refractivity contribution is 5.79. The third-order valence-electron chi connectivity index (χ3n) is 11.6. The van der Waals surface area contributed by atoms with Gasteiger partial charge in [-0.1, -0.05) is 245 Å². The fourth-order valence-electron chi connectivity index (χ4n) is 7.74. The SMILES string of the molecule is CCCCCC/C=C/CCCCCCCCCCCCCC(CC(=O)OCCCCCCCCCCCCC)C(=O)OCCCCCCCCCCCCC. The summed E-state index contributed by atoms with van der Waals surface area (Å²) >= 11 is 0. The van der Waals surface area contributed by atoms with Gasteiger partial charge in [-0.2, -0.15) is 0 Å². The Morgan fingerprint density at radius 2 is 0.655 bits per heavy atom. The lowest BCUT2D eigenvalue weighted by Gasteiger charge is -2.16. The van der Waals surface area contributed by atoms with E-state index in [9.17, 15) is 9.59 Å². The van der Waals surface area contributed by atoms with Crippen LogP contribution in [0.3, 0.4) is 0 Å². The number of hydrogen-bond donors (Lipinski definition) is 0. The number of ether oxygens (including phenoxy) is 2. The van der Waals surface area contributed by atoms with Crippen molar-refractivity contribution in [1.29, 1.82) is 0 Å². The van der Waals surface area contributed by atoms with Gasteiger partial charge in [-0.15, -0.1) is 0 Å². The lowest BCUT2D eigenvalue weighted by molar-refractivity contribution is -0.155. The molecular formula is C51H98O4. The Balaban J connectivity index is 4.19. The van der Waals surface area contributed by atoms with Gasteiger partial charge in [-0.25, -0.2) is 0 Å². The van der Waals surface area contributed by atoms with Gasteiger partial charge in [0.25, 0.3) is 0 Å². The number of esters is 2. The van der Waals surface area contributed by atoms with Crippen molar-refractivity contribution in [1.82, 2.24) is 0 Å². The summed E-state index contributed by atoms with van der Waals surface area (Å²) in [4.78, 5) is 25.9. The van der Waals surface area contributed by atoms with Gasteiger partial charge in [0.1, 0.15) is 0 Å². The zero-order valence-electron chi connectivity index (χ0n) is 37.8. The minimum absolute atomic E-state index is 0.171. The molecule has 0 bridgehead atoms. The molecule has 0 heterocycles. The third kappa shape index (κ3) is 43.6. The first kappa shape index (κ1) is 53.7. The van der Waals surface area contributed by atoms with Crippen molar-refractivity contribution in [3.05, 3.63) is 12.2 Å². The number of carbonyl (C=O) groups excluding carboxylic acids is 2. The van der Waals surface area contributed by atoms with Gasteiger partial charge in [-0.3, -0.25) is 9.59 Å². The first-order chi connectivity index (χ1) is 27.2. The molecule has 0 spiro atoms. The van der Waals surface area contributed by atoms with Gasteiger partial charge in [-0.05, 0) is 44.9 Å². The van der Waals surface area contributed by atoms with Gasteiger partial charge in [0.15, 0.2) is 0 Å². The number of hydrogen-bond acceptors (Lipinski definition) is 4. The predicted molar refractivity (Wildman–Crippen MR) is 241 cm³/mol. The lowest BCUT2D eigenvalue weighted by Crippen LogP contribution is -2.23. The van der Waals surface area contributed by atoms with Crippen molar-refractivity contribution in [2.45, 2.75) is 284 Å². The smallest absolute Gasteiger partial charge is 0.309 e. The van der Waals surface area contributed by atoms with Crippen LogP contribution in [0.2, 0.25) is 0 Å². The molecule has 0 aromatic heterocycles. The Morgan fingerprint density at radius 3 is 1.04 bits per heavy atom. The molecule has 4 heteroatoms. The number of unbranched alkanes of at least 4 members (excludes halogenated alkanes) is 35. The summed E-state index contributed by atoms with van der Waals surface area (Å²) in [5.41, 5.74) is 0. The first-order valence-electron chi connectivity index (χ1n) is 25.1. The van der Waals surface area contributed by atoms with E-state index in [0.717, 1.165) is 44.9 Å². The van der Waals surface area contributed by atoms with E-state index >= 15 is 0 Å². The van der Waals surface area contributed by atoms with E-state index in [1.54, 1.807) is 0 Å². The van der Waals surface area contributed by atoms with Crippen LogP contribution >= 0.6 is 0 Å². The molecule has 0 aliphatic heterocycles. The molecule has 0 aromatic rings. The minimum atomic E-state index is -0.362. The Morgan fingerprint density at radius 1 is 0.364 bits per heavy atom. The maximum atomic E-state index is 13.1.